The van der Waals surface area contributed by atoms with Crippen LogP contribution in [0.1, 0.15) is 13.3 Å². The van der Waals surface area contributed by atoms with Crippen molar-refractivity contribution in [2.24, 2.45) is 0 Å². The van der Waals surface area contributed by atoms with E-state index in [0.29, 0.717) is 0 Å². The maximum absolute atomic E-state index is 7.50. The monoisotopic (exact) mass is 181 g/mol. The molecule has 10 heavy (non-hydrogen) atoms. The van der Waals surface area contributed by atoms with Crippen LogP contribution in [0, 0.1) is 0 Å². The molecule has 0 saturated heterocycles. The molecule has 57 valence electrons. The van der Waals surface area contributed by atoms with Crippen molar-refractivity contribution in [3.05, 3.63) is 22.7 Å². The summed E-state index contributed by atoms with van der Waals surface area (Å²) in [7, 11) is 0. The molecule has 0 amide bonds. The third-order valence-corrected chi connectivity index (χ3v) is 2.21. The second kappa shape index (κ2) is 6.77. The van der Waals surface area contributed by atoms with Crippen molar-refractivity contribution in [3.8, 4) is 0 Å². The first-order valence-electron chi connectivity index (χ1n) is 3.03. The zero-order chi connectivity index (χ0) is 7.82. The molecule has 0 atom stereocenters. The molecule has 1 aliphatic rings. The van der Waals surface area contributed by atoms with Gasteiger partial charge in [-0.05, 0) is 0 Å². The van der Waals surface area contributed by atoms with Crippen LogP contribution >= 0.6 is 0 Å². The average molecular weight is 181 g/mol. The third kappa shape index (κ3) is 3.64. The minimum absolute atomic E-state index is 1.19. The molecule has 0 saturated carbocycles. The van der Waals surface area contributed by atoms with Crippen molar-refractivity contribution < 1.29 is 19.5 Å². The molecule has 1 rings (SSSR count). The summed E-state index contributed by atoms with van der Waals surface area (Å²) < 4.78 is 1.56. The Balaban J connectivity index is 0.000000371. The second-order valence-corrected chi connectivity index (χ2v) is 3.34. The molecular formula is C8H10CoO. The number of allylic oxidation sites excluding steroid dienone is 4. The number of hydrogen-bond donors (Lipinski definition) is 0. The molecule has 0 aliphatic heterocycles. The van der Waals surface area contributed by atoms with Crippen molar-refractivity contribution in [2.45, 2.75) is 18.7 Å². The van der Waals surface area contributed by atoms with E-state index >= 15 is 0 Å². The van der Waals surface area contributed by atoms with E-state index in [4.69, 9.17) is 4.79 Å². The van der Waals surface area contributed by atoms with Gasteiger partial charge in [0.15, 0.2) is 0 Å². The van der Waals surface area contributed by atoms with Gasteiger partial charge in [-0.1, -0.05) is 0 Å². The molecule has 1 nitrogen and oxygen atoms in total. The Morgan fingerprint density at radius 3 is 2.80 bits per heavy atom. The van der Waals surface area contributed by atoms with Gasteiger partial charge in [-0.2, -0.15) is 0 Å². The average Bonchev–Trinajstić information content (AvgIpc) is 2.46. The topological polar surface area (TPSA) is 17.1 Å². The summed E-state index contributed by atoms with van der Waals surface area (Å²) in [6.07, 6.45) is 7.74. The largest absolute Gasteiger partial charge is 0.281 e. The van der Waals surface area contributed by atoms with Crippen LogP contribution in [0.4, 0.5) is 0 Å². The van der Waals surface area contributed by atoms with Crippen LogP contribution in [0.2, 0.25) is 5.36 Å². The Kier molecular flexibility index (Phi) is 6.54. The summed E-state index contributed by atoms with van der Waals surface area (Å²) in [5.74, 6) is 0. The second-order valence-electron chi connectivity index (χ2n) is 1.57. The first kappa shape index (κ1) is 9.66. The Bertz CT molecular complexity index is 138. The van der Waals surface area contributed by atoms with Crippen LogP contribution in [0.15, 0.2) is 22.7 Å². The normalized spacial score (nSPS) is 14.3. The summed E-state index contributed by atoms with van der Waals surface area (Å²) in [6.45, 7) is 6.71. The van der Waals surface area contributed by atoms with Crippen molar-refractivity contribution in [2.75, 3.05) is 0 Å². The van der Waals surface area contributed by atoms with Crippen molar-refractivity contribution in [3.63, 3.8) is 0 Å². The van der Waals surface area contributed by atoms with E-state index < -0.39 is 0 Å². The molecule has 0 spiro atoms. The van der Waals surface area contributed by atoms with Gasteiger partial charge in [0.1, 0.15) is 0 Å². The van der Waals surface area contributed by atoms with E-state index in [1.165, 1.54) is 26.5 Å². The minimum atomic E-state index is 1.19. The summed E-state index contributed by atoms with van der Waals surface area (Å²) in [4.78, 5) is 7.50. The van der Waals surface area contributed by atoms with Crippen LogP contribution in [-0.4, -0.2) is 6.79 Å². The minimum Gasteiger partial charge on any atom is -0.281 e. The van der Waals surface area contributed by atoms with Crippen molar-refractivity contribution in [1.82, 2.24) is 0 Å². The van der Waals surface area contributed by atoms with Crippen molar-refractivity contribution >= 4 is 6.79 Å². The Morgan fingerprint density at radius 2 is 2.40 bits per heavy atom. The fraction of sp³-hybridized carbons (Fsp3) is 0.375. The fourth-order valence-electron chi connectivity index (χ4n) is 0.650. The standard InChI is InChI=1S/C5H5.C2H5.CO.Co/c1-2-4-5-3-1;2*1-2;/h1-3H,4H2;1H2,2H3;;. The molecule has 0 N–H and O–H groups in total. The van der Waals surface area contributed by atoms with E-state index in [1.807, 2.05) is 0 Å². The number of rotatable bonds is 2. The van der Waals surface area contributed by atoms with Gasteiger partial charge in [0.2, 0.25) is 0 Å². The molecule has 0 aromatic heterocycles. The van der Waals surface area contributed by atoms with E-state index in [-0.39, 0.29) is 0 Å². The summed E-state index contributed by atoms with van der Waals surface area (Å²) in [5.41, 5.74) is 0. The van der Waals surface area contributed by atoms with Crippen LogP contribution in [0.3, 0.4) is 0 Å². The number of carbonyl (C=O) groups excluding carboxylic acids is 1. The van der Waals surface area contributed by atoms with E-state index in [0.717, 1.165) is 0 Å². The van der Waals surface area contributed by atoms with Crippen molar-refractivity contribution in [1.29, 1.82) is 0 Å². The van der Waals surface area contributed by atoms with Gasteiger partial charge >= 0.3 is 56.1 Å². The Morgan fingerprint density at radius 1 is 1.70 bits per heavy atom. The zero-order valence-electron chi connectivity index (χ0n) is 5.89. The molecule has 2 heteroatoms. The maximum atomic E-state index is 7.50. The molecule has 0 aromatic rings. The Labute approximate surface area is 68.2 Å². The van der Waals surface area contributed by atoms with Gasteiger partial charge in [-0.3, -0.25) is 4.79 Å². The molecule has 0 heterocycles. The predicted octanol–water partition coefficient (Wildman–Crippen LogP) is 1.95. The van der Waals surface area contributed by atoms with Gasteiger partial charge in [0.25, 0.3) is 6.79 Å². The summed E-state index contributed by atoms with van der Waals surface area (Å²) >= 11 is 1.53. The first-order valence-corrected chi connectivity index (χ1v) is 4.29. The quantitative estimate of drug-likeness (QED) is 0.636. The van der Waals surface area contributed by atoms with Gasteiger partial charge in [0.05, 0.1) is 0 Å². The fourth-order valence-corrected chi connectivity index (χ4v) is 1.62. The molecule has 0 aromatic carbocycles. The van der Waals surface area contributed by atoms with Crippen LogP contribution < -0.4 is 0 Å². The SMILES string of the molecule is C[CH2][Co][C]1=CC=CC1.[C]=O. The molecule has 2 radical (unpaired) electrons. The van der Waals surface area contributed by atoms with Crippen LogP contribution in [0.5, 0.6) is 0 Å². The molecular weight excluding hydrogens is 171 g/mol. The van der Waals surface area contributed by atoms with E-state index in [1.54, 1.807) is 4.51 Å². The third-order valence-electron chi connectivity index (χ3n) is 0.979. The van der Waals surface area contributed by atoms with Gasteiger partial charge in [0, 0.05) is 0 Å². The zero-order valence-corrected chi connectivity index (χ0v) is 6.93. The molecule has 0 unspecified atom stereocenters. The predicted molar refractivity (Wildman–Crippen MR) is 38.0 cm³/mol. The first-order chi connectivity index (χ1) is 4.93. The van der Waals surface area contributed by atoms with Crippen LogP contribution in [0.25, 0.3) is 0 Å². The summed E-state index contributed by atoms with van der Waals surface area (Å²) in [5, 5.41) is 1.25. The van der Waals surface area contributed by atoms with Gasteiger partial charge < -0.3 is 0 Å². The maximum Gasteiger partial charge on any atom is 0.281 e. The molecule has 0 bridgehead atoms. The van der Waals surface area contributed by atoms with E-state index in [2.05, 4.69) is 31.9 Å². The Hall–Kier alpha value is -0.344. The van der Waals surface area contributed by atoms with E-state index in [9.17, 15) is 0 Å². The van der Waals surface area contributed by atoms with Gasteiger partial charge in [-0.15, -0.1) is 0 Å². The number of hydrogen-bond acceptors (Lipinski definition) is 1. The molecule has 1 aliphatic carbocycles. The summed E-state index contributed by atoms with van der Waals surface area (Å²) in [6, 6.07) is 0. The molecule has 0 fully saturated rings. The van der Waals surface area contributed by atoms with Crippen LogP contribution in [-0.2, 0) is 19.5 Å². The van der Waals surface area contributed by atoms with Gasteiger partial charge in [-0.25, -0.2) is 0 Å². The smallest absolute Gasteiger partial charge is 0.281 e.